The Bertz CT molecular complexity index is 1350. The lowest BCUT2D eigenvalue weighted by Gasteiger charge is -2.34. The molecule has 0 saturated carbocycles. The van der Waals surface area contributed by atoms with Gasteiger partial charge in [0.1, 0.15) is 23.4 Å². The van der Waals surface area contributed by atoms with Crippen molar-refractivity contribution in [3.63, 3.8) is 0 Å². The van der Waals surface area contributed by atoms with Crippen LogP contribution in [0, 0.1) is 13.8 Å². The minimum atomic E-state index is -0.961. The summed E-state index contributed by atoms with van der Waals surface area (Å²) < 4.78 is 10.7. The number of benzene rings is 3. The van der Waals surface area contributed by atoms with E-state index in [4.69, 9.17) is 9.47 Å². The molecule has 0 aromatic heterocycles. The minimum Gasteiger partial charge on any atom is -0.497 e. The monoisotopic (exact) mass is 573 g/mol. The van der Waals surface area contributed by atoms with Crippen molar-refractivity contribution in [2.75, 3.05) is 19.0 Å². The smallest absolute Gasteiger partial charge is 0.408 e. The molecule has 3 aromatic rings. The summed E-state index contributed by atoms with van der Waals surface area (Å²) in [6, 6.07) is 20.4. The molecule has 3 aromatic carbocycles. The molecular weight excluding hydrogens is 530 g/mol. The number of aryl methyl sites for hydroxylation is 2. The number of nitrogens with zero attached hydrogens (tertiary/aromatic N) is 1. The van der Waals surface area contributed by atoms with Gasteiger partial charge in [0, 0.05) is 18.7 Å². The van der Waals surface area contributed by atoms with E-state index in [0.29, 0.717) is 30.0 Å². The lowest BCUT2D eigenvalue weighted by molar-refractivity contribution is -0.140. The Morgan fingerprint density at radius 2 is 1.57 bits per heavy atom. The zero-order valence-electron chi connectivity index (χ0n) is 25.7. The van der Waals surface area contributed by atoms with Crippen LogP contribution in [-0.2, 0) is 20.7 Å². The third-order valence-electron chi connectivity index (χ3n) is 6.78. The van der Waals surface area contributed by atoms with Crippen LogP contribution in [0.3, 0.4) is 0 Å². The standard InChI is InChI=1S/C34H43N3O5/c1-8-20-37(32(39)29(22-25-12-10-9-11-13-25)36-33(40)42-34(4,5)6)30(26-15-14-23(2)24(3)21-26)31(38)35-27-16-18-28(41-7)19-17-27/h9-19,21,29-30H,8,20,22H2,1-7H3,(H,35,38)(H,36,40). The number of alkyl carbamates (subject to hydrolysis) is 1. The lowest BCUT2D eigenvalue weighted by atomic mass is 9.97. The second kappa shape index (κ2) is 14.5. The molecule has 0 bridgehead atoms. The first-order valence-electron chi connectivity index (χ1n) is 14.3. The summed E-state index contributed by atoms with van der Waals surface area (Å²) in [5, 5.41) is 5.77. The van der Waals surface area contributed by atoms with Crippen LogP contribution in [0.5, 0.6) is 5.75 Å². The molecule has 3 rings (SSSR count). The number of nitrogens with one attached hydrogen (secondary N) is 2. The molecule has 2 atom stereocenters. The molecule has 224 valence electrons. The van der Waals surface area contributed by atoms with Gasteiger partial charge in [0.25, 0.3) is 5.91 Å². The molecule has 0 saturated heterocycles. The normalized spacial score (nSPS) is 12.5. The Kier molecular flexibility index (Phi) is 11.1. The summed E-state index contributed by atoms with van der Waals surface area (Å²) in [6.45, 7) is 11.5. The van der Waals surface area contributed by atoms with E-state index in [-0.39, 0.29) is 18.2 Å². The van der Waals surface area contributed by atoms with Crippen LogP contribution in [0.4, 0.5) is 10.5 Å². The predicted molar refractivity (Wildman–Crippen MR) is 166 cm³/mol. The van der Waals surface area contributed by atoms with Crippen molar-refractivity contribution < 1.29 is 23.9 Å². The molecule has 3 amide bonds. The molecule has 0 spiro atoms. The largest absolute Gasteiger partial charge is 0.497 e. The van der Waals surface area contributed by atoms with Gasteiger partial charge in [0.15, 0.2) is 0 Å². The number of carbonyl (C=O) groups is 3. The first kappa shape index (κ1) is 32.2. The fourth-order valence-corrected chi connectivity index (χ4v) is 4.60. The topological polar surface area (TPSA) is 97.0 Å². The van der Waals surface area contributed by atoms with Gasteiger partial charge in [-0.05, 0) is 87.6 Å². The van der Waals surface area contributed by atoms with Gasteiger partial charge in [-0.25, -0.2) is 4.79 Å². The molecule has 0 aliphatic heterocycles. The van der Waals surface area contributed by atoms with Gasteiger partial charge in [0.05, 0.1) is 7.11 Å². The van der Waals surface area contributed by atoms with Crippen LogP contribution in [0.2, 0.25) is 0 Å². The van der Waals surface area contributed by atoms with Crippen LogP contribution in [0.15, 0.2) is 72.8 Å². The molecule has 0 heterocycles. The number of hydrogen-bond acceptors (Lipinski definition) is 5. The lowest BCUT2D eigenvalue weighted by Crippen LogP contribution is -2.53. The van der Waals surface area contributed by atoms with Crippen LogP contribution in [-0.4, -0.2) is 48.1 Å². The second-order valence-corrected chi connectivity index (χ2v) is 11.4. The fourth-order valence-electron chi connectivity index (χ4n) is 4.60. The summed E-state index contributed by atoms with van der Waals surface area (Å²) in [4.78, 5) is 42.9. The maximum atomic E-state index is 14.4. The number of anilines is 1. The van der Waals surface area contributed by atoms with Gasteiger partial charge >= 0.3 is 6.09 Å². The van der Waals surface area contributed by atoms with Gasteiger partial charge in [-0.15, -0.1) is 0 Å². The molecule has 0 fully saturated rings. The van der Waals surface area contributed by atoms with E-state index in [0.717, 1.165) is 16.7 Å². The van der Waals surface area contributed by atoms with Gasteiger partial charge in [0.2, 0.25) is 5.91 Å². The Morgan fingerprint density at radius 1 is 0.905 bits per heavy atom. The number of amides is 3. The zero-order valence-corrected chi connectivity index (χ0v) is 25.7. The van der Waals surface area contributed by atoms with Crippen LogP contribution >= 0.6 is 0 Å². The molecule has 2 N–H and O–H groups in total. The van der Waals surface area contributed by atoms with Crippen molar-refractivity contribution in [1.82, 2.24) is 10.2 Å². The Labute approximate surface area is 249 Å². The Hall–Kier alpha value is -4.33. The molecule has 42 heavy (non-hydrogen) atoms. The third kappa shape index (κ3) is 9.09. The first-order chi connectivity index (χ1) is 19.9. The van der Waals surface area contributed by atoms with Gasteiger partial charge < -0.3 is 25.0 Å². The molecule has 2 unspecified atom stereocenters. The van der Waals surface area contributed by atoms with Gasteiger partial charge in [-0.2, -0.15) is 0 Å². The summed E-state index contributed by atoms with van der Waals surface area (Å²) in [5.41, 5.74) is 3.47. The van der Waals surface area contributed by atoms with E-state index in [9.17, 15) is 14.4 Å². The number of methoxy groups -OCH3 is 1. The minimum absolute atomic E-state index is 0.235. The van der Waals surface area contributed by atoms with Crippen molar-refractivity contribution in [2.24, 2.45) is 0 Å². The number of rotatable bonds is 11. The maximum Gasteiger partial charge on any atom is 0.408 e. The van der Waals surface area contributed by atoms with E-state index in [2.05, 4.69) is 10.6 Å². The summed E-state index contributed by atoms with van der Waals surface area (Å²) in [6.07, 6.45) is 0.144. The molecule has 0 aliphatic rings. The van der Waals surface area contributed by atoms with E-state index in [1.54, 1.807) is 57.0 Å². The average molecular weight is 574 g/mol. The van der Waals surface area contributed by atoms with Gasteiger partial charge in [-0.3, -0.25) is 9.59 Å². The quantitative estimate of drug-likeness (QED) is 0.278. The highest BCUT2D eigenvalue weighted by atomic mass is 16.6. The van der Waals surface area contributed by atoms with Crippen molar-refractivity contribution in [3.05, 3.63) is 95.1 Å². The summed E-state index contributed by atoms with van der Waals surface area (Å²) in [7, 11) is 1.58. The van der Waals surface area contributed by atoms with Crippen molar-refractivity contribution in [3.8, 4) is 5.75 Å². The highest BCUT2D eigenvalue weighted by Crippen LogP contribution is 2.27. The summed E-state index contributed by atoms with van der Waals surface area (Å²) in [5.74, 6) is -0.0703. The Balaban J connectivity index is 2.04. The molecule has 8 heteroatoms. The molecular formula is C34H43N3O5. The maximum absolute atomic E-state index is 14.4. The summed E-state index contributed by atoms with van der Waals surface area (Å²) >= 11 is 0. The average Bonchev–Trinajstić information content (AvgIpc) is 2.94. The fraction of sp³-hybridized carbons (Fsp3) is 0.382. The highest BCUT2D eigenvalue weighted by Gasteiger charge is 2.36. The van der Waals surface area contributed by atoms with Crippen molar-refractivity contribution in [2.45, 2.75) is 72.1 Å². The van der Waals surface area contributed by atoms with Crippen molar-refractivity contribution >= 4 is 23.6 Å². The van der Waals surface area contributed by atoms with E-state index in [1.165, 1.54) is 0 Å². The third-order valence-corrected chi connectivity index (χ3v) is 6.78. The predicted octanol–water partition coefficient (Wildman–Crippen LogP) is 6.37. The number of hydrogen-bond donors (Lipinski definition) is 2. The van der Waals surface area contributed by atoms with Crippen LogP contribution in [0.25, 0.3) is 0 Å². The first-order valence-corrected chi connectivity index (χ1v) is 14.3. The highest BCUT2D eigenvalue weighted by molar-refractivity contribution is 5.99. The second-order valence-electron chi connectivity index (χ2n) is 11.4. The van der Waals surface area contributed by atoms with Gasteiger partial charge in [-0.1, -0.05) is 55.5 Å². The van der Waals surface area contributed by atoms with Crippen molar-refractivity contribution in [1.29, 1.82) is 0 Å². The molecule has 0 aliphatic carbocycles. The van der Waals surface area contributed by atoms with E-state index in [1.807, 2.05) is 69.3 Å². The van der Waals surface area contributed by atoms with E-state index >= 15 is 0 Å². The molecule has 0 radical (unpaired) electrons. The Morgan fingerprint density at radius 3 is 2.14 bits per heavy atom. The van der Waals surface area contributed by atoms with Crippen LogP contribution < -0.4 is 15.4 Å². The number of ether oxygens (including phenoxy) is 2. The number of carbonyl (C=O) groups excluding carboxylic acids is 3. The molecule has 8 nitrogen and oxygen atoms in total. The van der Waals surface area contributed by atoms with E-state index < -0.39 is 23.8 Å². The SMILES string of the molecule is CCCN(C(=O)C(Cc1ccccc1)NC(=O)OC(C)(C)C)C(C(=O)Nc1ccc(OC)cc1)c1ccc(C)c(C)c1. The van der Waals surface area contributed by atoms with Crippen LogP contribution in [0.1, 0.15) is 62.4 Å². The zero-order chi connectivity index (χ0) is 30.9.